The van der Waals surface area contributed by atoms with Crippen LogP contribution in [0.25, 0.3) is 11.1 Å². The number of nitrogens with two attached hydrogens (primary N) is 1. The van der Waals surface area contributed by atoms with Gasteiger partial charge in [0.05, 0.1) is 36.7 Å². The molecule has 68 heavy (non-hydrogen) atoms. The van der Waals surface area contributed by atoms with E-state index in [1.54, 1.807) is 78.0 Å². The standard InChI is InChI=1S/C52H62N8O8/c1-5-13-39-47-40(57-51(68-46-16-9-12-27-67-46)41-14-8-10-25-60(41)52(47)64)30-44(48(39)65-4)66-26-11-6-7-15-45(61)54-38-29-43(59(3)32-38)50(63)55-36-21-17-33(18-22-36)34-28-42(58(2)31-34)49(62)56-37-23-19-35(53)20-24-37/h5,17-24,28-32,41,46,51,57H,1,6-16,25-27,53H2,2-4H3,(H,54,61)(H,55,63)(H,56,62)/t41-,46?,51?/m0/s1. The highest BCUT2D eigenvalue weighted by molar-refractivity contribution is 6.06. The number of amides is 4. The van der Waals surface area contributed by atoms with E-state index in [-0.39, 0.29) is 36.0 Å². The van der Waals surface area contributed by atoms with Gasteiger partial charge in [0, 0.05) is 80.3 Å². The number of nitrogens with zero attached hydrogens (tertiary/aromatic N) is 3. The maximum absolute atomic E-state index is 14.3. The highest BCUT2D eigenvalue weighted by atomic mass is 16.7. The van der Waals surface area contributed by atoms with Gasteiger partial charge in [-0.25, -0.2) is 0 Å². The first-order valence-corrected chi connectivity index (χ1v) is 23.5. The molecule has 2 aromatic heterocycles. The third-order valence-electron chi connectivity index (χ3n) is 12.7. The van der Waals surface area contributed by atoms with Crippen LogP contribution in [-0.2, 0) is 34.8 Å². The van der Waals surface area contributed by atoms with Gasteiger partial charge in [0.15, 0.2) is 24.0 Å². The van der Waals surface area contributed by atoms with Crippen LogP contribution in [-0.4, -0.2) is 83.1 Å². The summed E-state index contributed by atoms with van der Waals surface area (Å²) in [6.07, 6.45) is 13.0. The van der Waals surface area contributed by atoms with Crippen molar-refractivity contribution in [2.45, 2.75) is 89.2 Å². The minimum absolute atomic E-state index is 0.0508. The molecule has 16 heteroatoms. The van der Waals surface area contributed by atoms with Gasteiger partial charge in [-0.05, 0) is 118 Å². The van der Waals surface area contributed by atoms with Gasteiger partial charge in [-0.2, -0.15) is 0 Å². The number of methoxy groups -OCH3 is 1. The molecule has 3 atom stereocenters. The lowest BCUT2D eigenvalue weighted by molar-refractivity contribution is -0.193. The highest BCUT2D eigenvalue weighted by Gasteiger charge is 2.41. The predicted octanol–water partition coefficient (Wildman–Crippen LogP) is 8.72. The maximum atomic E-state index is 14.3. The molecule has 0 saturated carbocycles. The lowest BCUT2D eigenvalue weighted by Crippen LogP contribution is -2.52. The van der Waals surface area contributed by atoms with Crippen molar-refractivity contribution in [3.63, 3.8) is 0 Å². The summed E-state index contributed by atoms with van der Waals surface area (Å²) in [4.78, 5) is 55.6. The monoisotopic (exact) mass is 926 g/mol. The zero-order chi connectivity index (χ0) is 47.7. The molecule has 0 spiro atoms. The molecule has 4 amide bonds. The molecule has 3 aliphatic rings. The minimum atomic E-state index is -0.446. The normalized spacial score (nSPS) is 17.8. The molecule has 5 heterocycles. The van der Waals surface area contributed by atoms with E-state index in [4.69, 9.17) is 24.7 Å². The number of hydrogen-bond donors (Lipinski definition) is 5. The second-order valence-corrected chi connectivity index (χ2v) is 17.6. The molecule has 0 aliphatic carbocycles. The van der Waals surface area contributed by atoms with Crippen LogP contribution in [0.2, 0.25) is 0 Å². The Kier molecular flexibility index (Phi) is 15.2. The summed E-state index contributed by atoms with van der Waals surface area (Å²) in [5, 5.41) is 12.3. The van der Waals surface area contributed by atoms with E-state index in [1.165, 1.54) is 0 Å². The van der Waals surface area contributed by atoms with Crippen molar-refractivity contribution < 1.29 is 38.1 Å². The van der Waals surface area contributed by atoms with Crippen molar-refractivity contribution in [2.75, 3.05) is 53.9 Å². The number of benzene rings is 3. The van der Waals surface area contributed by atoms with E-state index in [0.717, 1.165) is 61.6 Å². The van der Waals surface area contributed by atoms with Gasteiger partial charge < -0.3 is 60.0 Å². The second kappa shape index (κ2) is 21.7. The SMILES string of the molecule is C=CCc1c(OC)c(OCCCCCC(=O)Nc2cc(C(=O)Nc3ccc(-c4cc(C(=O)Nc5ccc(N)cc5)n(C)c4)cc3)n(C)c2)cc2c1C(=O)N1CCCC[C@H]1C(OC1CCCCO1)N2. The number of piperidine rings is 1. The molecule has 2 unspecified atom stereocenters. The highest BCUT2D eigenvalue weighted by Crippen LogP contribution is 2.43. The number of aromatic nitrogens is 2. The van der Waals surface area contributed by atoms with Crippen LogP contribution in [0.4, 0.5) is 28.4 Å². The molecule has 3 aliphatic heterocycles. The van der Waals surface area contributed by atoms with Gasteiger partial charge in [-0.1, -0.05) is 18.2 Å². The van der Waals surface area contributed by atoms with Crippen molar-refractivity contribution >= 4 is 52.1 Å². The third-order valence-corrected chi connectivity index (χ3v) is 12.7. The number of carbonyl (C=O) groups excluding carboxylic acids is 4. The van der Waals surface area contributed by atoms with Crippen LogP contribution in [0.3, 0.4) is 0 Å². The van der Waals surface area contributed by atoms with Gasteiger partial charge in [-0.15, -0.1) is 6.58 Å². The average molecular weight is 927 g/mol. The van der Waals surface area contributed by atoms with Crippen LogP contribution in [0.1, 0.15) is 101 Å². The Morgan fingerprint density at radius 3 is 2.25 bits per heavy atom. The van der Waals surface area contributed by atoms with E-state index in [9.17, 15) is 19.2 Å². The third kappa shape index (κ3) is 11.0. The summed E-state index contributed by atoms with van der Waals surface area (Å²) < 4.78 is 28.2. The Morgan fingerprint density at radius 1 is 0.838 bits per heavy atom. The zero-order valence-electron chi connectivity index (χ0n) is 39.1. The number of rotatable bonds is 18. The number of ether oxygens (including phenoxy) is 4. The summed E-state index contributed by atoms with van der Waals surface area (Å²) >= 11 is 0. The maximum Gasteiger partial charge on any atom is 0.272 e. The molecule has 2 saturated heterocycles. The molecule has 16 nitrogen and oxygen atoms in total. The first-order valence-electron chi connectivity index (χ1n) is 23.5. The van der Waals surface area contributed by atoms with Crippen LogP contribution < -0.4 is 36.5 Å². The Labute approximate surface area is 397 Å². The van der Waals surface area contributed by atoms with E-state index < -0.39 is 6.23 Å². The molecule has 6 N–H and O–H groups in total. The molecular formula is C52H62N8O8. The summed E-state index contributed by atoms with van der Waals surface area (Å²) in [7, 11) is 5.15. The first-order chi connectivity index (χ1) is 33.0. The first kappa shape index (κ1) is 47.5. The van der Waals surface area contributed by atoms with Crippen LogP contribution in [0.5, 0.6) is 11.5 Å². The Hall–Kier alpha value is -7.04. The quantitative estimate of drug-likeness (QED) is 0.0323. The lowest BCUT2D eigenvalue weighted by atomic mass is 9.97. The Morgan fingerprint density at radius 2 is 1.54 bits per heavy atom. The summed E-state index contributed by atoms with van der Waals surface area (Å²) in [6.45, 7) is 5.67. The fourth-order valence-corrected chi connectivity index (χ4v) is 9.23. The minimum Gasteiger partial charge on any atom is -0.493 e. The molecule has 5 aromatic rings. The number of nitrogens with one attached hydrogen (secondary N) is 4. The van der Waals surface area contributed by atoms with Crippen molar-refractivity contribution in [3.05, 3.63) is 114 Å². The number of hydrogen-bond acceptors (Lipinski definition) is 10. The van der Waals surface area contributed by atoms with Crippen molar-refractivity contribution in [1.29, 1.82) is 0 Å². The van der Waals surface area contributed by atoms with Crippen LogP contribution >= 0.6 is 0 Å². The molecule has 0 bridgehead atoms. The number of unbranched alkanes of at least 4 members (excludes halogenated alkanes) is 2. The second-order valence-electron chi connectivity index (χ2n) is 17.6. The van der Waals surface area contributed by atoms with Gasteiger partial charge in [0.25, 0.3) is 17.7 Å². The summed E-state index contributed by atoms with van der Waals surface area (Å²) in [6, 6.07) is 19.5. The number of anilines is 5. The predicted molar refractivity (Wildman–Crippen MR) is 263 cm³/mol. The average Bonchev–Trinajstić information content (AvgIpc) is 3.89. The molecule has 8 rings (SSSR count). The fourth-order valence-electron chi connectivity index (χ4n) is 9.23. The number of allylic oxidation sites excluding steroid dienone is 1. The summed E-state index contributed by atoms with van der Waals surface area (Å²) in [5.74, 6) is 0.247. The Bertz CT molecular complexity index is 2610. The number of aryl methyl sites for hydroxylation is 2. The van der Waals surface area contributed by atoms with E-state index in [1.807, 2.05) is 42.4 Å². The largest absolute Gasteiger partial charge is 0.493 e. The van der Waals surface area contributed by atoms with Gasteiger partial charge in [-0.3, -0.25) is 19.2 Å². The Balaban J connectivity index is 0.819. The topological polar surface area (TPSA) is 192 Å². The van der Waals surface area contributed by atoms with Crippen molar-refractivity contribution in [1.82, 2.24) is 14.0 Å². The van der Waals surface area contributed by atoms with Crippen LogP contribution in [0.15, 0.2) is 91.8 Å². The molecule has 3 aromatic carbocycles. The lowest BCUT2D eigenvalue weighted by Gasteiger charge is -2.40. The van der Waals surface area contributed by atoms with Crippen molar-refractivity contribution in [3.8, 4) is 22.6 Å². The molecule has 2 fully saturated rings. The molecule has 358 valence electrons. The number of fused-ring (bicyclic) bond motifs is 2. The van der Waals surface area contributed by atoms with Gasteiger partial charge >= 0.3 is 0 Å². The summed E-state index contributed by atoms with van der Waals surface area (Å²) in [5.41, 5.74) is 12.6. The van der Waals surface area contributed by atoms with E-state index >= 15 is 0 Å². The number of nitrogen functional groups attached to an aromatic ring is 1. The van der Waals surface area contributed by atoms with E-state index in [0.29, 0.717) is 102 Å². The zero-order valence-corrected chi connectivity index (χ0v) is 39.1. The van der Waals surface area contributed by atoms with Crippen molar-refractivity contribution in [2.24, 2.45) is 14.1 Å². The number of carbonyl (C=O) groups is 4. The van der Waals surface area contributed by atoms with E-state index in [2.05, 4.69) is 27.8 Å². The molecular weight excluding hydrogens is 865 g/mol. The van der Waals surface area contributed by atoms with Crippen LogP contribution in [0, 0.1) is 0 Å². The molecule has 0 radical (unpaired) electrons. The smallest absolute Gasteiger partial charge is 0.272 e. The fraction of sp³-hybridized carbons (Fsp3) is 0.385. The van der Waals surface area contributed by atoms with Gasteiger partial charge in [0.1, 0.15) is 11.4 Å². The van der Waals surface area contributed by atoms with Gasteiger partial charge in [0.2, 0.25) is 5.91 Å².